The van der Waals surface area contributed by atoms with E-state index in [0.717, 1.165) is 17.0 Å². The molecule has 0 amide bonds. The number of rotatable bonds is 4. The Kier molecular flexibility index (Phi) is 4.31. The number of methoxy groups -OCH3 is 2. The van der Waals surface area contributed by atoms with Crippen LogP contribution in [0.3, 0.4) is 0 Å². The van der Waals surface area contributed by atoms with Crippen LogP contribution in [0.15, 0.2) is 36.4 Å². The lowest BCUT2D eigenvalue weighted by Gasteiger charge is -2.11. The smallest absolute Gasteiger partial charge is 0.454 e. The summed E-state index contributed by atoms with van der Waals surface area (Å²) in [6, 6.07) is 11.6. The van der Waals surface area contributed by atoms with Crippen LogP contribution in [0.2, 0.25) is 6.32 Å². The van der Waals surface area contributed by atoms with E-state index in [1.54, 1.807) is 14.2 Å². The maximum absolute atomic E-state index is 9.49. The van der Waals surface area contributed by atoms with Gasteiger partial charge in [0.25, 0.3) is 0 Å². The summed E-state index contributed by atoms with van der Waals surface area (Å²) in [6.45, 7) is 0.504. The maximum atomic E-state index is 9.49. The van der Waals surface area contributed by atoms with Crippen LogP contribution in [0, 0.1) is 0 Å². The van der Waals surface area contributed by atoms with Gasteiger partial charge in [0.15, 0.2) is 11.5 Å². The lowest BCUT2D eigenvalue weighted by molar-refractivity contribution is 0.291. The van der Waals surface area contributed by atoms with Gasteiger partial charge in [0.2, 0.25) is 0 Å². The number of nitrogens with zero attached hydrogens (tertiary/aromatic N) is 1. The van der Waals surface area contributed by atoms with Gasteiger partial charge in [-0.2, -0.15) is 0 Å². The fraction of sp³-hybridized carbons (Fsp3) is 0.312. The van der Waals surface area contributed by atoms with E-state index in [9.17, 15) is 5.02 Å². The molecule has 0 radical (unpaired) electrons. The molecular weight excluding hydrogens is 281 g/mol. The normalized spacial score (nSPS) is 17.6. The van der Waals surface area contributed by atoms with Gasteiger partial charge in [0.05, 0.1) is 19.9 Å². The number of aromatic nitrogens is 1. The van der Waals surface area contributed by atoms with Gasteiger partial charge in [-0.1, -0.05) is 6.07 Å². The van der Waals surface area contributed by atoms with Crippen LogP contribution in [-0.4, -0.2) is 38.0 Å². The molecule has 1 aromatic carbocycles. The van der Waals surface area contributed by atoms with E-state index in [1.165, 1.54) is 0 Å². The van der Waals surface area contributed by atoms with Crippen LogP contribution < -0.4 is 9.47 Å². The number of hydrogen-bond acceptors (Lipinski definition) is 5. The van der Waals surface area contributed by atoms with Crippen LogP contribution in [0.5, 0.6) is 11.5 Å². The Morgan fingerprint density at radius 1 is 1.18 bits per heavy atom. The van der Waals surface area contributed by atoms with Gasteiger partial charge in [-0.05, 0) is 36.7 Å². The summed E-state index contributed by atoms with van der Waals surface area (Å²) < 4.78 is 15.8. The van der Waals surface area contributed by atoms with Crippen LogP contribution >= 0.6 is 0 Å². The third-order valence-corrected chi connectivity index (χ3v) is 3.84. The summed E-state index contributed by atoms with van der Waals surface area (Å²) >= 11 is 0. The molecule has 1 N–H and O–H groups in total. The fourth-order valence-electron chi connectivity index (χ4n) is 2.65. The molecule has 1 fully saturated rings. The second-order valence-corrected chi connectivity index (χ2v) is 5.24. The summed E-state index contributed by atoms with van der Waals surface area (Å²) in [4.78, 5) is 4.70. The zero-order chi connectivity index (χ0) is 15.5. The van der Waals surface area contributed by atoms with Crippen molar-refractivity contribution < 1.29 is 19.2 Å². The number of ether oxygens (including phenoxy) is 2. The lowest BCUT2D eigenvalue weighted by Crippen LogP contribution is -2.08. The molecule has 1 atom stereocenters. The van der Waals surface area contributed by atoms with E-state index in [0.29, 0.717) is 24.4 Å². The average Bonchev–Trinajstić information content (AvgIpc) is 3.01. The van der Waals surface area contributed by atoms with Crippen molar-refractivity contribution in [3.63, 3.8) is 0 Å². The van der Waals surface area contributed by atoms with E-state index < -0.39 is 7.12 Å². The Hall–Kier alpha value is -2.05. The maximum Gasteiger partial charge on any atom is 0.454 e. The van der Waals surface area contributed by atoms with Crippen LogP contribution in [0.4, 0.5) is 0 Å². The van der Waals surface area contributed by atoms with E-state index in [4.69, 9.17) is 19.1 Å². The first kappa shape index (κ1) is 14.9. The zero-order valence-corrected chi connectivity index (χ0v) is 12.7. The van der Waals surface area contributed by atoms with Crippen molar-refractivity contribution in [3.8, 4) is 22.8 Å². The van der Waals surface area contributed by atoms with Gasteiger partial charge in [0, 0.05) is 23.8 Å². The standard InChI is InChI=1S/C16H18BNO4/c1-20-15-7-6-11(8-16(15)21-2)13-4-3-5-14(18-13)12-9-17(19)22-10-12/h3-8,12,19H,9-10H2,1-2H3/t12-/m0/s1. The summed E-state index contributed by atoms with van der Waals surface area (Å²) in [6.07, 6.45) is 0.586. The number of benzene rings is 1. The molecule has 0 aliphatic carbocycles. The first-order valence-electron chi connectivity index (χ1n) is 7.20. The summed E-state index contributed by atoms with van der Waals surface area (Å²) in [7, 11) is 2.54. The molecule has 0 bridgehead atoms. The summed E-state index contributed by atoms with van der Waals surface area (Å²) in [5.41, 5.74) is 2.75. The van der Waals surface area contributed by atoms with Crippen molar-refractivity contribution in [2.45, 2.75) is 12.2 Å². The molecule has 2 heterocycles. The average molecular weight is 299 g/mol. The third-order valence-electron chi connectivity index (χ3n) is 3.84. The predicted octanol–water partition coefficient (Wildman–Crippen LogP) is 2.36. The van der Waals surface area contributed by atoms with E-state index in [-0.39, 0.29) is 5.92 Å². The molecular formula is C16H18BNO4. The Morgan fingerprint density at radius 3 is 2.68 bits per heavy atom. The van der Waals surface area contributed by atoms with Gasteiger partial charge in [-0.3, -0.25) is 4.98 Å². The first-order valence-corrected chi connectivity index (χ1v) is 7.20. The van der Waals surface area contributed by atoms with E-state index >= 15 is 0 Å². The summed E-state index contributed by atoms with van der Waals surface area (Å²) in [5.74, 6) is 1.50. The van der Waals surface area contributed by atoms with Crippen LogP contribution in [0.25, 0.3) is 11.3 Å². The molecule has 1 saturated heterocycles. The lowest BCUT2D eigenvalue weighted by atomic mass is 9.81. The van der Waals surface area contributed by atoms with Crippen molar-refractivity contribution in [1.29, 1.82) is 0 Å². The van der Waals surface area contributed by atoms with Crippen molar-refractivity contribution >= 4 is 7.12 Å². The van der Waals surface area contributed by atoms with Crippen molar-refractivity contribution in [1.82, 2.24) is 4.98 Å². The van der Waals surface area contributed by atoms with Gasteiger partial charge >= 0.3 is 7.12 Å². The number of hydrogen-bond donors (Lipinski definition) is 1. The molecule has 22 heavy (non-hydrogen) atoms. The Labute approximate surface area is 130 Å². The molecule has 0 spiro atoms. The van der Waals surface area contributed by atoms with Gasteiger partial charge in [-0.15, -0.1) is 0 Å². The highest BCUT2D eigenvalue weighted by Crippen LogP contribution is 2.33. The highest BCUT2D eigenvalue weighted by molar-refractivity contribution is 6.43. The predicted molar refractivity (Wildman–Crippen MR) is 84.2 cm³/mol. The summed E-state index contributed by atoms with van der Waals surface area (Å²) in [5, 5.41) is 9.49. The zero-order valence-electron chi connectivity index (χ0n) is 12.7. The SMILES string of the molecule is COc1ccc(-c2cccc([C@@H]3COB(O)C3)n2)cc1OC. The highest BCUT2D eigenvalue weighted by atomic mass is 16.5. The first-order chi connectivity index (χ1) is 10.7. The second kappa shape index (κ2) is 6.38. The van der Waals surface area contributed by atoms with Crippen molar-refractivity contribution in [2.24, 2.45) is 0 Å². The minimum absolute atomic E-state index is 0.134. The largest absolute Gasteiger partial charge is 0.493 e. The topological polar surface area (TPSA) is 60.8 Å². The molecule has 0 unspecified atom stereocenters. The quantitative estimate of drug-likeness (QED) is 0.878. The molecule has 0 saturated carbocycles. The fourth-order valence-corrected chi connectivity index (χ4v) is 2.65. The Balaban J connectivity index is 1.92. The third kappa shape index (κ3) is 2.93. The molecule has 5 nitrogen and oxygen atoms in total. The van der Waals surface area contributed by atoms with Gasteiger partial charge in [-0.25, -0.2) is 0 Å². The van der Waals surface area contributed by atoms with Crippen molar-refractivity contribution in [2.75, 3.05) is 20.8 Å². The second-order valence-electron chi connectivity index (χ2n) is 5.24. The molecule has 1 aromatic heterocycles. The Morgan fingerprint density at radius 2 is 2.00 bits per heavy atom. The van der Waals surface area contributed by atoms with Crippen LogP contribution in [0.1, 0.15) is 11.6 Å². The van der Waals surface area contributed by atoms with E-state index in [1.807, 2.05) is 36.4 Å². The highest BCUT2D eigenvalue weighted by Gasteiger charge is 2.30. The minimum Gasteiger partial charge on any atom is -0.493 e. The van der Waals surface area contributed by atoms with Gasteiger partial charge < -0.3 is 19.2 Å². The Bertz CT molecular complexity index is 664. The molecule has 114 valence electrons. The number of pyridine rings is 1. The minimum atomic E-state index is -0.684. The van der Waals surface area contributed by atoms with Gasteiger partial charge in [0.1, 0.15) is 0 Å². The molecule has 1 aliphatic rings. The molecule has 1 aliphatic heterocycles. The molecule has 6 heteroatoms. The molecule has 3 rings (SSSR count). The van der Waals surface area contributed by atoms with E-state index in [2.05, 4.69) is 0 Å². The van der Waals surface area contributed by atoms with Crippen LogP contribution in [-0.2, 0) is 4.65 Å². The van der Waals surface area contributed by atoms with Crippen molar-refractivity contribution in [3.05, 3.63) is 42.1 Å². The molecule has 2 aromatic rings. The monoisotopic (exact) mass is 299 g/mol.